The average molecular weight is 298 g/mol. The smallest absolute Gasteiger partial charge is 0.323 e. The van der Waals surface area contributed by atoms with Crippen LogP contribution in [0.5, 0.6) is 0 Å². The number of carboxylic acids is 1. The second kappa shape index (κ2) is 6.03. The normalized spacial score (nSPS) is 30.3. The third-order valence-corrected chi connectivity index (χ3v) is 5.18. The van der Waals surface area contributed by atoms with Crippen molar-refractivity contribution >= 4 is 17.9 Å². The lowest BCUT2D eigenvalue weighted by Gasteiger charge is -2.35. The second-order valence-electron chi connectivity index (χ2n) is 6.07. The highest BCUT2D eigenvalue weighted by Crippen LogP contribution is 2.58. The topological polar surface area (TPSA) is 89.9 Å². The lowest BCUT2D eigenvalue weighted by Crippen LogP contribution is -2.46. The van der Waals surface area contributed by atoms with Crippen LogP contribution in [-0.2, 0) is 23.9 Å². The maximum Gasteiger partial charge on any atom is 0.323 e. The number of hydrogen-bond donors (Lipinski definition) is 1. The Labute approximate surface area is 123 Å². The first-order valence-corrected chi connectivity index (χ1v) is 7.36. The fourth-order valence-electron chi connectivity index (χ4n) is 4.42. The number of carboxylic acid groups (broad SMARTS) is 1. The molecular formula is C15H22O6. The fraction of sp³-hybridized carbons (Fsp3) is 0.800. The summed E-state index contributed by atoms with van der Waals surface area (Å²) in [5.74, 6) is -2.33. The molecule has 2 aliphatic carbocycles. The van der Waals surface area contributed by atoms with Gasteiger partial charge in [-0.05, 0) is 37.0 Å². The molecule has 2 fully saturated rings. The Kier molecular flexibility index (Phi) is 4.54. The number of fused-ring (bicyclic) bond motifs is 1. The molecule has 21 heavy (non-hydrogen) atoms. The number of methoxy groups -OCH3 is 2. The molecule has 0 aliphatic heterocycles. The summed E-state index contributed by atoms with van der Waals surface area (Å²) in [5, 5.41) is 9.09. The van der Waals surface area contributed by atoms with Crippen LogP contribution in [0.25, 0.3) is 0 Å². The van der Waals surface area contributed by atoms with Crippen LogP contribution < -0.4 is 0 Å². The van der Waals surface area contributed by atoms with Gasteiger partial charge in [-0.1, -0.05) is 12.8 Å². The van der Waals surface area contributed by atoms with Gasteiger partial charge in [0.2, 0.25) is 0 Å². The maximum atomic E-state index is 12.4. The first-order valence-electron chi connectivity index (χ1n) is 7.36. The van der Waals surface area contributed by atoms with Crippen LogP contribution in [0.15, 0.2) is 0 Å². The third kappa shape index (κ3) is 2.51. The SMILES string of the molecule is COC(=O)C1(C(=O)OC)CC(CC(=O)O)C2CCCCC21. The number of carbonyl (C=O) groups excluding carboxylic acids is 2. The van der Waals surface area contributed by atoms with Crippen LogP contribution in [0.1, 0.15) is 38.5 Å². The molecule has 0 radical (unpaired) electrons. The van der Waals surface area contributed by atoms with Crippen molar-refractivity contribution in [3.05, 3.63) is 0 Å². The Morgan fingerprint density at radius 2 is 1.67 bits per heavy atom. The van der Waals surface area contributed by atoms with E-state index in [0.29, 0.717) is 0 Å². The zero-order valence-corrected chi connectivity index (χ0v) is 12.5. The van der Waals surface area contributed by atoms with Crippen LogP contribution >= 0.6 is 0 Å². The van der Waals surface area contributed by atoms with Crippen molar-refractivity contribution in [2.75, 3.05) is 14.2 Å². The zero-order valence-electron chi connectivity index (χ0n) is 12.5. The first kappa shape index (κ1) is 15.8. The van der Waals surface area contributed by atoms with Crippen molar-refractivity contribution in [1.29, 1.82) is 0 Å². The van der Waals surface area contributed by atoms with Crippen LogP contribution in [0.4, 0.5) is 0 Å². The number of ether oxygens (including phenoxy) is 2. The molecule has 2 aliphatic rings. The van der Waals surface area contributed by atoms with Crippen molar-refractivity contribution in [2.24, 2.45) is 23.2 Å². The predicted octanol–water partition coefficient (Wildman–Crippen LogP) is 1.62. The predicted molar refractivity (Wildman–Crippen MR) is 72.3 cm³/mol. The van der Waals surface area contributed by atoms with E-state index in [-0.39, 0.29) is 30.6 Å². The van der Waals surface area contributed by atoms with Crippen molar-refractivity contribution in [2.45, 2.75) is 38.5 Å². The van der Waals surface area contributed by atoms with E-state index in [9.17, 15) is 14.4 Å². The largest absolute Gasteiger partial charge is 0.481 e. The lowest BCUT2D eigenvalue weighted by atomic mass is 9.69. The van der Waals surface area contributed by atoms with Crippen molar-refractivity contribution in [3.8, 4) is 0 Å². The highest BCUT2D eigenvalue weighted by Gasteiger charge is 2.63. The summed E-state index contributed by atoms with van der Waals surface area (Å²) in [6.07, 6.45) is 3.75. The molecule has 2 saturated carbocycles. The minimum atomic E-state index is -1.32. The standard InChI is InChI=1S/C15H22O6/c1-20-13(18)15(14(19)21-2)8-9(7-12(16)17)10-5-3-4-6-11(10)15/h9-11H,3-8H2,1-2H3,(H,16,17). The third-order valence-electron chi connectivity index (χ3n) is 5.18. The Morgan fingerprint density at radius 3 is 2.19 bits per heavy atom. The molecule has 0 aromatic heterocycles. The van der Waals surface area contributed by atoms with Crippen LogP contribution in [0, 0.1) is 23.2 Å². The quantitative estimate of drug-likeness (QED) is 0.626. The maximum absolute atomic E-state index is 12.4. The molecular weight excluding hydrogens is 276 g/mol. The van der Waals surface area contributed by atoms with Crippen LogP contribution in [-0.4, -0.2) is 37.2 Å². The van der Waals surface area contributed by atoms with Crippen molar-refractivity contribution in [1.82, 2.24) is 0 Å². The van der Waals surface area contributed by atoms with Gasteiger partial charge >= 0.3 is 17.9 Å². The summed E-state index contributed by atoms with van der Waals surface area (Å²) in [6.45, 7) is 0. The number of rotatable bonds is 4. The van der Waals surface area contributed by atoms with Gasteiger partial charge in [-0.25, -0.2) is 0 Å². The summed E-state index contributed by atoms with van der Waals surface area (Å²) in [6, 6.07) is 0. The zero-order chi connectivity index (χ0) is 15.6. The van der Waals surface area contributed by atoms with E-state index in [4.69, 9.17) is 14.6 Å². The van der Waals surface area contributed by atoms with E-state index >= 15 is 0 Å². The summed E-state index contributed by atoms with van der Waals surface area (Å²) >= 11 is 0. The summed E-state index contributed by atoms with van der Waals surface area (Å²) in [7, 11) is 2.52. The molecule has 1 N–H and O–H groups in total. The molecule has 0 saturated heterocycles. The van der Waals surface area contributed by atoms with Crippen molar-refractivity contribution < 1.29 is 29.0 Å². The van der Waals surface area contributed by atoms with E-state index in [1.165, 1.54) is 14.2 Å². The molecule has 2 rings (SSSR count). The van der Waals surface area contributed by atoms with Crippen LogP contribution in [0.2, 0.25) is 0 Å². The second-order valence-corrected chi connectivity index (χ2v) is 6.07. The summed E-state index contributed by atoms with van der Waals surface area (Å²) < 4.78 is 9.75. The minimum absolute atomic E-state index is 0.0170. The van der Waals surface area contributed by atoms with Gasteiger partial charge < -0.3 is 14.6 Å². The van der Waals surface area contributed by atoms with Gasteiger partial charge in [-0.2, -0.15) is 0 Å². The molecule has 0 amide bonds. The molecule has 0 aromatic carbocycles. The van der Waals surface area contributed by atoms with E-state index in [2.05, 4.69) is 0 Å². The molecule has 0 bridgehead atoms. The van der Waals surface area contributed by atoms with Gasteiger partial charge in [0.1, 0.15) is 0 Å². The van der Waals surface area contributed by atoms with E-state index in [1.807, 2.05) is 0 Å². The Bertz CT molecular complexity index is 427. The molecule has 118 valence electrons. The van der Waals surface area contributed by atoms with Gasteiger partial charge in [0.15, 0.2) is 5.41 Å². The van der Waals surface area contributed by atoms with E-state index in [0.717, 1.165) is 25.7 Å². The molecule has 0 heterocycles. The summed E-state index contributed by atoms with van der Waals surface area (Å²) in [5.41, 5.74) is -1.32. The Hall–Kier alpha value is -1.59. The number of esters is 2. The van der Waals surface area contributed by atoms with E-state index < -0.39 is 23.3 Å². The molecule has 3 unspecified atom stereocenters. The number of carbonyl (C=O) groups is 3. The molecule has 0 aromatic rings. The van der Waals surface area contributed by atoms with Gasteiger partial charge in [0.05, 0.1) is 14.2 Å². The van der Waals surface area contributed by atoms with Gasteiger partial charge in [-0.3, -0.25) is 14.4 Å². The lowest BCUT2D eigenvalue weighted by molar-refractivity contribution is -0.173. The molecule has 0 spiro atoms. The van der Waals surface area contributed by atoms with E-state index in [1.54, 1.807) is 0 Å². The fourth-order valence-corrected chi connectivity index (χ4v) is 4.42. The summed E-state index contributed by atoms with van der Waals surface area (Å²) in [4.78, 5) is 35.8. The molecule has 3 atom stereocenters. The van der Waals surface area contributed by atoms with Gasteiger partial charge in [-0.15, -0.1) is 0 Å². The highest BCUT2D eigenvalue weighted by molar-refractivity contribution is 6.01. The van der Waals surface area contributed by atoms with Crippen LogP contribution in [0.3, 0.4) is 0 Å². The molecule has 6 heteroatoms. The number of aliphatic carboxylic acids is 1. The average Bonchev–Trinajstić information content (AvgIpc) is 2.81. The first-order chi connectivity index (χ1) is 9.97. The monoisotopic (exact) mass is 298 g/mol. The minimum Gasteiger partial charge on any atom is -0.481 e. The van der Waals surface area contributed by atoms with Crippen molar-refractivity contribution in [3.63, 3.8) is 0 Å². The Balaban J connectivity index is 2.41. The van der Waals surface area contributed by atoms with Gasteiger partial charge in [0.25, 0.3) is 0 Å². The number of hydrogen-bond acceptors (Lipinski definition) is 5. The molecule has 6 nitrogen and oxygen atoms in total. The Morgan fingerprint density at radius 1 is 1.10 bits per heavy atom. The highest BCUT2D eigenvalue weighted by atomic mass is 16.5. The van der Waals surface area contributed by atoms with Gasteiger partial charge in [0, 0.05) is 6.42 Å².